The number of carboxylic acid groups (broad SMARTS) is 1. The number of halogens is 1. The SMILES string of the molecule is COC(CNc1cc(C(=O)O)ccc1F)OC. The Bertz CT molecular complexity index is 393. The summed E-state index contributed by atoms with van der Waals surface area (Å²) in [6.07, 6.45) is -0.525. The van der Waals surface area contributed by atoms with E-state index in [1.807, 2.05) is 0 Å². The molecule has 0 radical (unpaired) electrons. The number of carboxylic acids is 1. The van der Waals surface area contributed by atoms with Crippen LogP contribution < -0.4 is 5.32 Å². The van der Waals surface area contributed by atoms with Crippen molar-refractivity contribution in [3.63, 3.8) is 0 Å². The number of rotatable bonds is 6. The van der Waals surface area contributed by atoms with Gasteiger partial charge in [0.05, 0.1) is 17.8 Å². The van der Waals surface area contributed by atoms with E-state index in [-0.39, 0.29) is 17.8 Å². The van der Waals surface area contributed by atoms with Crippen LogP contribution in [0, 0.1) is 5.82 Å². The van der Waals surface area contributed by atoms with Crippen LogP contribution in [-0.4, -0.2) is 38.1 Å². The predicted octanol–water partition coefficient (Wildman–Crippen LogP) is 1.55. The molecule has 0 aromatic heterocycles. The van der Waals surface area contributed by atoms with Crippen LogP contribution in [0.25, 0.3) is 0 Å². The predicted molar refractivity (Wildman–Crippen MR) is 59.7 cm³/mol. The molecule has 0 saturated heterocycles. The Kier molecular flexibility index (Phi) is 4.86. The summed E-state index contributed by atoms with van der Waals surface area (Å²) >= 11 is 0. The van der Waals surface area contributed by atoms with E-state index in [2.05, 4.69) is 5.32 Å². The molecule has 0 bridgehead atoms. The highest BCUT2D eigenvalue weighted by Crippen LogP contribution is 2.16. The van der Waals surface area contributed by atoms with Gasteiger partial charge in [0, 0.05) is 14.2 Å². The van der Waals surface area contributed by atoms with Gasteiger partial charge in [-0.15, -0.1) is 0 Å². The van der Waals surface area contributed by atoms with Gasteiger partial charge in [-0.3, -0.25) is 0 Å². The maximum absolute atomic E-state index is 13.4. The molecule has 0 saturated carbocycles. The first-order valence-corrected chi connectivity index (χ1v) is 4.90. The standard InChI is InChI=1S/C11H14FNO4/c1-16-10(17-2)6-13-9-5-7(11(14)15)3-4-8(9)12/h3-5,10,13H,6H2,1-2H3,(H,14,15). The maximum Gasteiger partial charge on any atom is 0.335 e. The molecular formula is C11H14FNO4. The van der Waals surface area contributed by atoms with Crippen molar-refractivity contribution in [2.24, 2.45) is 0 Å². The number of anilines is 1. The second kappa shape index (κ2) is 6.17. The number of benzene rings is 1. The lowest BCUT2D eigenvalue weighted by atomic mass is 10.2. The summed E-state index contributed by atoms with van der Waals surface area (Å²) in [6, 6.07) is 3.52. The fourth-order valence-electron chi connectivity index (χ4n) is 1.25. The number of methoxy groups -OCH3 is 2. The van der Waals surface area contributed by atoms with Gasteiger partial charge in [0.2, 0.25) is 0 Å². The second-order valence-electron chi connectivity index (χ2n) is 3.28. The van der Waals surface area contributed by atoms with E-state index >= 15 is 0 Å². The van der Waals surface area contributed by atoms with Gasteiger partial charge in [0.1, 0.15) is 5.82 Å². The number of ether oxygens (including phenoxy) is 2. The Morgan fingerprint density at radius 2 is 2.12 bits per heavy atom. The fourth-order valence-corrected chi connectivity index (χ4v) is 1.25. The quantitative estimate of drug-likeness (QED) is 0.742. The lowest BCUT2D eigenvalue weighted by Crippen LogP contribution is -2.24. The number of hydrogen-bond donors (Lipinski definition) is 2. The highest BCUT2D eigenvalue weighted by molar-refractivity contribution is 5.88. The van der Waals surface area contributed by atoms with Gasteiger partial charge in [-0.25, -0.2) is 9.18 Å². The summed E-state index contributed by atoms with van der Waals surface area (Å²) in [4.78, 5) is 10.7. The zero-order chi connectivity index (χ0) is 12.8. The molecule has 94 valence electrons. The minimum atomic E-state index is -1.11. The van der Waals surface area contributed by atoms with Crippen molar-refractivity contribution < 1.29 is 23.8 Å². The summed E-state index contributed by atoms with van der Waals surface area (Å²) < 4.78 is 23.2. The average Bonchev–Trinajstić information content (AvgIpc) is 2.32. The van der Waals surface area contributed by atoms with E-state index in [1.54, 1.807) is 0 Å². The Morgan fingerprint density at radius 3 is 2.65 bits per heavy atom. The molecule has 0 spiro atoms. The number of nitrogens with one attached hydrogen (secondary N) is 1. The fraction of sp³-hybridized carbons (Fsp3) is 0.364. The first-order chi connectivity index (χ1) is 8.08. The van der Waals surface area contributed by atoms with Gasteiger partial charge in [0.15, 0.2) is 6.29 Å². The highest BCUT2D eigenvalue weighted by Gasteiger charge is 2.10. The third-order valence-electron chi connectivity index (χ3n) is 2.20. The Balaban J connectivity index is 2.75. The van der Waals surface area contributed by atoms with E-state index in [0.717, 1.165) is 6.07 Å². The van der Waals surface area contributed by atoms with Gasteiger partial charge in [-0.2, -0.15) is 0 Å². The van der Waals surface area contributed by atoms with Crippen LogP contribution in [0.2, 0.25) is 0 Å². The van der Waals surface area contributed by atoms with Crippen LogP contribution in [0.1, 0.15) is 10.4 Å². The van der Waals surface area contributed by atoms with E-state index in [1.165, 1.54) is 26.4 Å². The molecule has 0 amide bonds. The molecule has 1 aromatic rings. The van der Waals surface area contributed by atoms with Crippen molar-refractivity contribution in [1.29, 1.82) is 0 Å². The Morgan fingerprint density at radius 1 is 1.47 bits per heavy atom. The van der Waals surface area contributed by atoms with Gasteiger partial charge < -0.3 is 19.9 Å². The average molecular weight is 243 g/mol. The summed E-state index contributed by atoms with van der Waals surface area (Å²) in [5, 5.41) is 11.5. The van der Waals surface area contributed by atoms with E-state index in [9.17, 15) is 9.18 Å². The molecule has 0 heterocycles. The first-order valence-electron chi connectivity index (χ1n) is 4.90. The van der Waals surface area contributed by atoms with Crippen molar-refractivity contribution in [3.05, 3.63) is 29.6 Å². The van der Waals surface area contributed by atoms with E-state index in [4.69, 9.17) is 14.6 Å². The van der Waals surface area contributed by atoms with E-state index in [0.29, 0.717) is 0 Å². The summed E-state index contributed by atoms with van der Waals surface area (Å²) in [6.45, 7) is 0.215. The molecule has 0 aliphatic carbocycles. The lowest BCUT2D eigenvalue weighted by molar-refractivity contribution is -0.0914. The van der Waals surface area contributed by atoms with Crippen molar-refractivity contribution in [2.75, 3.05) is 26.1 Å². The van der Waals surface area contributed by atoms with Crippen LogP contribution in [0.4, 0.5) is 10.1 Å². The molecule has 6 heteroatoms. The normalized spacial score (nSPS) is 10.6. The molecule has 17 heavy (non-hydrogen) atoms. The van der Waals surface area contributed by atoms with Crippen molar-refractivity contribution in [1.82, 2.24) is 0 Å². The summed E-state index contributed by atoms with van der Waals surface area (Å²) in [5.74, 6) is -1.64. The van der Waals surface area contributed by atoms with Crippen LogP contribution in [0.5, 0.6) is 0 Å². The molecule has 0 unspecified atom stereocenters. The first kappa shape index (κ1) is 13.4. The monoisotopic (exact) mass is 243 g/mol. The molecule has 0 aliphatic heterocycles. The minimum Gasteiger partial charge on any atom is -0.478 e. The molecule has 0 aliphatic rings. The van der Waals surface area contributed by atoms with Crippen molar-refractivity contribution >= 4 is 11.7 Å². The number of carbonyl (C=O) groups is 1. The molecule has 0 fully saturated rings. The maximum atomic E-state index is 13.4. The lowest BCUT2D eigenvalue weighted by Gasteiger charge is -2.15. The zero-order valence-electron chi connectivity index (χ0n) is 9.57. The minimum absolute atomic E-state index is 0.0142. The molecule has 2 N–H and O–H groups in total. The molecule has 5 nitrogen and oxygen atoms in total. The highest BCUT2D eigenvalue weighted by atomic mass is 19.1. The van der Waals surface area contributed by atoms with Crippen LogP contribution in [0.15, 0.2) is 18.2 Å². The van der Waals surface area contributed by atoms with Crippen molar-refractivity contribution in [3.8, 4) is 0 Å². The second-order valence-corrected chi connectivity index (χ2v) is 3.28. The zero-order valence-corrected chi connectivity index (χ0v) is 9.57. The van der Waals surface area contributed by atoms with Gasteiger partial charge >= 0.3 is 5.97 Å². The number of aromatic carboxylic acids is 1. The largest absolute Gasteiger partial charge is 0.478 e. The van der Waals surface area contributed by atoms with Gasteiger partial charge in [0.25, 0.3) is 0 Å². The molecule has 1 aromatic carbocycles. The third kappa shape index (κ3) is 3.69. The molecule has 1 rings (SSSR count). The summed E-state index contributed by atoms with van der Waals surface area (Å²) in [5.41, 5.74) is 0.115. The molecular weight excluding hydrogens is 229 g/mol. The van der Waals surface area contributed by atoms with Gasteiger partial charge in [-0.1, -0.05) is 0 Å². The Hall–Kier alpha value is -1.66. The topological polar surface area (TPSA) is 67.8 Å². The smallest absolute Gasteiger partial charge is 0.335 e. The van der Waals surface area contributed by atoms with Crippen LogP contribution >= 0.6 is 0 Å². The van der Waals surface area contributed by atoms with Gasteiger partial charge in [-0.05, 0) is 18.2 Å². The summed E-state index contributed by atoms with van der Waals surface area (Å²) in [7, 11) is 2.92. The number of hydrogen-bond acceptors (Lipinski definition) is 4. The van der Waals surface area contributed by atoms with Crippen LogP contribution in [-0.2, 0) is 9.47 Å². The third-order valence-corrected chi connectivity index (χ3v) is 2.20. The Labute approximate surface area is 98.2 Å². The van der Waals surface area contributed by atoms with Crippen molar-refractivity contribution in [2.45, 2.75) is 6.29 Å². The van der Waals surface area contributed by atoms with E-state index < -0.39 is 18.1 Å². The van der Waals surface area contributed by atoms with Crippen LogP contribution in [0.3, 0.4) is 0 Å². The molecule has 0 atom stereocenters.